The van der Waals surface area contributed by atoms with E-state index in [1.165, 1.54) is 6.07 Å². The van der Waals surface area contributed by atoms with Gasteiger partial charge in [0, 0.05) is 17.5 Å². The summed E-state index contributed by atoms with van der Waals surface area (Å²) in [6, 6.07) is 1.38. The summed E-state index contributed by atoms with van der Waals surface area (Å²) in [5.74, 6) is 0. The van der Waals surface area contributed by atoms with Gasteiger partial charge in [0.1, 0.15) is 0 Å². The number of nitro groups is 1. The Morgan fingerprint density at radius 2 is 2.45 bits per heavy atom. The molecule has 1 aromatic heterocycles. The summed E-state index contributed by atoms with van der Waals surface area (Å²) in [7, 11) is 0. The van der Waals surface area contributed by atoms with Crippen LogP contribution in [-0.4, -0.2) is 4.92 Å². The van der Waals surface area contributed by atoms with Crippen LogP contribution in [0.5, 0.6) is 0 Å². The van der Waals surface area contributed by atoms with Crippen LogP contribution in [0.25, 0.3) is 0 Å². The molecule has 4 nitrogen and oxygen atoms in total. The summed E-state index contributed by atoms with van der Waals surface area (Å²) < 4.78 is 0. The largest absolute Gasteiger partial charge is 0.324 e. The molecule has 0 unspecified atom stereocenters. The predicted molar refractivity (Wildman–Crippen MR) is 43.6 cm³/mol. The van der Waals surface area contributed by atoms with Gasteiger partial charge in [0.2, 0.25) is 0 Å². The molecule has 0 aliphatic carbocycles. The van der Waals surface area contributed by atoms with Gasteiger partial charge in [0.15, 0.2) is 0 Å². The van der Waals surface area contributed by atoms with Gasteiger partial charge in [-0.05, 0) is 12.5 Å². The van der Waals surface area contributed by atoms with Crippen molar-refractivity contribution in [2.45, 2.75) is 13.0 Å². The molecule has 0 radical (unpaired) electrons. The van der Waals surface area contributed by atoms with E-state index in [4.69, 9.17) is 5.73 Å². The minimum absolute atomic E-state index is 0.125. The van der Waals surface area contributed by atoms with Gasteiger partial charge in [-0.1, -0.05) is 11.3 Å². The second-order valence-electron chi connectivity index (χ2n) is 2.26. The standard InChI is InChI=1S/C6H8N2O2S/c1-4(7)5-2-6(8(9)10)11-3-5/h2-4H,7H2,1H3/t4-/m1/s1. The molecule has 5 heteroatoms. The minimum Gasteiger partial charge on any atom is -0.324 e. The van der Waals surface area contributed by atoms with Gasteiger partial charge >= 0.3 is 5.00 Å². The Morgan fingerprint density at radius 1 is 1.82 bits per heavy atom. The van der Waals surface area contributed by atoms with Crippen LogP contribution in [0.1, 0.15) is 18.5 Å². The monoisotopic (exact) mass is 172 g/mol. The van der Waals surface area contributed by atoms with Gasteiger partial charge in [-0.25, -0.2) is 0 Å². The van der Waals surface area contributed by atoms with E-state index in [-0.39, 0.29) is 11.0 Å². The fourth-order valence-electron chi connectivity index (χ4n) is 0.674. The minimum atomic E-state index is -0.406. The molecule has 0 aliphatic rings. The lowest BCUT2D eigenvalue weighted by Gasteiger charge is -1.96. The highest BCUT2D eigenvalue weighted by molar-refractivity contribution is 7.13. The summed E-state index contributed by atoms with van der Waals surface area (Å²) >= 11 is 1.11. The first-order valence-electron chi connectivity index (χ1n) is 3.09. The average Bonchev–Trinajstić information content (AvgIpc) is 2.33. The fraction of sp³-hybridized carbons (Fsp3) is 0.333. The Morgan fingerprint density at radius 3 is 2.73 bits per heavy atom. The van der Waals surface area contributed by atoms with Crippen molar-refractivity contribution in [3.05, 3.63) is 27.1 Å². The highest BCUT2D eigenvalue weighted by Gasteiger charge is 2.10. The SMILES string of the molecule is C[C@@H](N)c1csc([N+](=O)[O-])c1. The maximum Gasteiger partial charge on any atom is 0.324 e. The van der Waals surface area contributed by atoms with Crippen molar-refractivity contribution < 1.29 is 4.92 Å². The van der Waals surface area contributed by atoms with E-state index in [0.717, 1.165) is 16.9 Å². The van der Waals surface area contributed by atoms with Gasteiger partial charge in [0.05, 0.1) is 4.92 Å². The van der Waals surface area contributed by atoms with Crippen molar-refractivity contribution >= 4 is 16.3 Å². The molecule has 0 saturated carbocycles. The number of rotatable bonds is 2. The van der Waals surface area contributed by atoms with Crippen LogP contribution < -0.4 is 5.73 Å². The van der Waals surface area contributed by atoms with Crippen LogP contribution in [-0.2, 0) is 0 Å². The Hall–Kier alpha value is -0.940. The average molecular weight is 172 g/mol. The number of nitrogens with two attached hydrogens (primary N) is 1. The zero-order valence-corrected chi connectivity index (χ0v) is 6.80. The Balaban J connectivity index is 2.90. The Bertz CT molecular complexity index is 269. The highest BCUT2D eigenvalue weighted by atomic mass is 32.1. The van der Waals surface area contributed by atoms with Gasteiger partial charge in [0.25, 0.3) is 0 Å². The molecular weight excluding hydrogens is 164 g/mol. The molecule has 0 amide bonds. The lowest BCUT2D eigenvalue weighted by molar-refractivity contribution is -0.380. The predicted octanol–water partition coefficient (Wildman–Crippen LogP) is 1.68. The van der Waals surface area contributed by atoms with Crippen molar-refractivity contribution in [2.75, 3.05) is 0 Å². The number of nitrogens with zero attached hydrogens (tertiary/aromatic N) is 1. The summed E-state index contributed by atoms with van der Waals surface area (Å²) in [6.45, 7) is 1.80. The maximum atomic E-state index is 10.2. The van der Waals surface area contributed by atoms with E-state index in [0.29, 0.717) is 0 Å². The third-order valence-electron chi connectivity index (χ3n) is 1.31. The van der Waals surface area contributed by atoms with Crippen LogP contribution in [0.15, 0.2) is 11.4 Å². The molecule has 1 rings (SSSR count). The lowest BCUT2D eigenvalue weighted by Crippen LogP contribution is -2.02. The molecule has 0 bridgehead atoms. The van der Waals surface area contributed by atoms with E-state index < -0.39 is 4.92 Å². The molecule has 1 aromatic rings. The fourth-order valence-corrected chi connectivity index (χ4v) is 1.50. The van der Waals surface area contributed by atoms with Crippen LogP contribution in [0, 0.1) is 10.1 Å². The first-order chi connectivity index (χ1) is 5.11. The van der Waals surface area contributed by atoms with Crippen molar-refractivity contribution in [3.63, 3.8) is 0 Å². The van der Waals surface area contributed by atoms with Gasteiger partial charge in [-0.3, -0.25) is 10.1 Å². The Labute approximate surface area is 67.8 Å². The zero-order chi connectivity index (χ0) is 8.43. The second-order valence-corrected chi connectivity index (χ2v) is 3.15. The van der Waals surface area contributed by atoms with Crippen LogP contribution >= 0.6 is 11.3 Å². The molecule has 60 valence electrons. The van der Waals surface area contributed by atoms with E-state index in [9.17, 15) is 10.1 Å². The van der Waals surface area contributed by atoms with Crippen molar-refractivity contribution in [3.8, 4) is 0 Å². The number of hydrogen-bond acceptors (Lipinski definition) is 4. The van der Waals surface area contributed by atoms with Crippen molar-refractivity contribution in [1.29, 1.82) is 0 Å². The molecular formula is C6H8N2O2S. The zero-order valence-electron chi connectivity index (χ0n) is 5.98. The molecule has 0 aromatic carbocycles. The molecule has 1 heterocycles. The van der Waals surface area contributed by atoms with Crippen LogP contribution in [0.2, 0.25) is 0 Å². The lowest BCUT2D eigenvalue weighted by atomic mass is 10.2. The van der Waals surface area contributed by atoms with Crippen molar-refractivity contribution in [2.24, 2.45) is 5.73 Å². The molecule has 2 N–H and O–H groups in total. The quantitative estimate of drug-likeness (QED) is 0.545. The van der Waals surface area contributed by atoms with E-state index in [2.05, 4.69) is 0 Å². The van der Waals surface area contributed by atoms with Gasteiger partial charge in [-0.15, -0.1) is 0 Å². The molecule has 0 spiro atoms. The molecule has 0 aliphatic heterocycles. The van der Waals surface area contributed by atoms with E-state index in [1.807, 2.05) is 0 Å². The molecule has 0 fully saturated rings. The summed E-state index contributed by atoms with van der Waals surface area (Å²) in [4.78, 5) is 9.81. The van der Waals surface area contributed by atoms with Gasteiger partial charge < -0.3 is 5.73 Å². The Kier molecular flexibility index (Phi) is 2.21. The molecule has 0 saturated heterocycles. The summed E-state index contributed by atoms with van der Waals surface area (Å²) in [6.07, 6.45) is 0. The third kappa shape index (κ3) is 1.75. The normalized spacial score (nSPS) is 12.9. The van der Waals surface area contributed by atoms with E-state index in [1.54, 1.807) is 12.3 Å². The highest BCUT2D eigenvalue weighted by Crippen LogP contribution is 2.25. The second kappa shape index (κ2) is 2.98. The first kappa shape index (κ1) is 8.16. The topological polar surface area (TPSA) is 69.2 Å². The number of thiophene rings is 1. The maximum absolute atomic E-state index is 10.2. The summed E-state index contributed by atoms with van der Waals surface area (Å²) in [5.41, 5.74) is 6.33. The molecule has 11 heavy (non-hydrogen) atoms. The van der Waals surface area contributed by atoms with Crippen LogP contribution in [0.4, 0.5) is 5.00 Å². The van der Waals surface area contributed by atoms with E-state index >= 15 is 0 Å². The van der Waals surface area contributed by atoms with Crippen molar-refractivity contribution in [1.82, 2.24) is 0 Å². The molecule has 1 atom stereocenters. The first-order valence-corrected chi connectivity index (χ1v) is 3.97. The third-order valence-corrected chi connectivity index (χ3v) is 2.21. The number of hydrogen-bond donors (Lipinski definition) is 1. The van der Waals surface area contributed by atoms with Gasteiger partial charge in [-0.2, -0.15) is 0 Å². The van der Waals surface area contributed by atoms with Crippen LogP contribution in [0.3, 0.4) is 0 Å². The summed E-state index contributed by atoms with van der Waals surface area (Å²) in [5, 5.41) is 12.1. The smallest absolute Gasteiger partial charge is 0.324 e.